The Morgan fingerprint density at radius 1 is 0.500 bits per heavy atom. The van der Waals surface area contributed by atoms with E-state index in [9.17, 15) is 0 Å². The van der Waals surface area contributed by atoms with Gasteiger partial charge in [0, 0.05) is 6.61 Å². The molecule has 0 atom stereocenters. The lowest BCUT2D eigenvalue weighted by atomic mass is 10.0. The number of aliphatic hydroxyl groups excluding tert-OH is 1. The summed E-state index contributed by atoms with van der Waals surface area (Å²) >= 11 is 0. The van der Waals surface area contributed by atoms with Crippen molar-refractivity contribution in [3.63, 3.8) is 0 Å². The Kier molecular flexibility index (Phi) is 20.9. The Hall–Kier alpha value is -0.0400. The Morgan fingerprint density at radius 2 is 0.864 bits per heavy atom. The highest BCUT2D eigenvalue weighted by atomic mass is 16.2. The highest BCUT2D eigenvalue weighted by Gasteiger charge is 1.95. The van der Waals surface area contributed by atoms with E-state index < -0.39 is 0 Å². The standard InChI is InChI=1S/C21H43O/c1-2-3-4-5-6-7-8-9-10-11-12-13-14-15-16-17-18-19-20-21-22/h19,22H,2-18,20-21H2,1H3. The summed E-state index contributed by atoms with van der Waals surface area (Å²) in [6.45, 7) is 2.61. The summed E-state index contributed by atoms with van der Waals surface area (Å²) in [6, 6.07) is 0. The minimum Gasteiger partial charge on any atom is -0.396 e. The second-order valence-electron chi connectivity index (χ2n) is 6.89. The molecule has 0 aromatic carbocycles. The van der Waals surface area contributed by atoms with Crippen LogP contribution >= 0.6 is 0 Å². The molecule has 0 aliphatic heterocycles. The van der Waals surface area contributed by atoms with Gasteiger partial charge in [0.2, 0.25) is 0 Å². The van der Waals surface area contributed by atoms with Gasteiger partial charge in [0.05, 0.1) is 0 Å². The van der Waals surface area contributed by atoms with Crippen molar-refractivity contribution in [2.75, 3.05) is 6.61 Å². The fourth-order valence-corrected chi connectivity index (χ4v) is 3.07. The first-order valence-corrected chi connectivity index (χ1v) is 10.3. The molecule has 0 rings (SSSR count). The summed E-state index contributed by atoms with van der Waals surface area (Å²) in [5.41, 5.74) is 0. The number of aliphatic hydroxyl groups is 1. The first kappa shape index (κ1) is 22.0. The van der Waals surface area contributed by atoms with Crippen LogP contribution in [0.1, 0.15) is 122 Å². The summed E-state index contributed by atoms with van der Waals surface area (Å²) in [6.07, 6.45) is 27.2. The zero-order chi connectivity index (χ0) is 16.1. The van der Waals surface area contributed by atoms with Crippen molar-refractivity contribution in [3.05, 3.63) is 6.42 Å². The van der Waals surface area contributed by atoms with Crippen LogP contribution < -0.4 is 0 Å². The van der Waals surface area contributed by atoms with Gasteiger partial charge in [0.1, 0.15) is 0 Å². The lowest BCUT2D eigenvalue weighted by molar-refractivity contribution is 0.296. The van der Waals surface area contributed by atoms with Crippen LogP contribution in [0, 0.1) is 6.42 Å². The predicted octanol–water partition coefficient (Wildman–Crippen LogP) is 7.22. The Morgan fingerprint density at radius 3 is 1.23 bits per heavy atom. The van der Waals surface area contributed by atoms with Crippen LogP contribution in [0.4, 0.5) is 0 Å². The SMILES string of the molecule is CCCCCCCCCCCCCCCCCC[CH]CCO. The van der Waals surface area contributed by atoms with Gasteiger partial charge >= 0.3 is 0 Å². The third-order valence-corrected chi connectivity index (χ3v) is 4.60. The van der Waals surface area contributed by atoms with Crippen molar-refractivity contribution in [1.82, 2.24) is 0 Å². The van der Waals surface area contributed by atoms with Gasteiger partial charge in [-0.25, -0.2) is 0 Å². The van der Waals surface area contributed by atoms with Gasteiger partial charge in [-0.1, -0.05) is 116 Å². The van der Waals surface area contributed by atoms with Crippen LogP contribution in [0.5, 0.6) is 0 Å². The molecule has 0 saturated heterocycles. The summed E-state index contributed by atoms with van der Waals surface area (Å²) in [7, 11) is 0. The molecule has 0 unspecified atom stereocenters. The predicted molar refractivity (Wildman–Crippen MR) is 100 cm³/mol. The van der Waals surface area contributed by atoms with Crippen LogP contribution in [-0.4, -0.2) is 11.7 Å². The first-order valence-electron chi connectivity index (χ1n) is 10.3. The highest BCUT2D eigenvalue weighted by Crippen LogP contribution is 2.14. The fourth-order valence-electron chi connectivity index (χ4n) is 3.07. The number of unbranched alkanes of at least 4 members (excludes halogenated alkanes) is 18. The van der Waals surface area contributed by atoms with E-state index in [2.05, 4.69) is 13.3 Å². The van der Waals surface area contributed by atoms with Crippen LogP contribution in [0.25, 0.3) is 0 Å². The van der Waals surface area contributed by atoms with E-state index in [4.69, 9.17) is 5.11 Å². The summed E-state index contributed by atoms with van der Waals surface area (Å²) in [4.78, 5) is 0. The molecule has 1 heteroatoms. The van der Waals surface area contributed by atoms with Crippen molar-refractivity contribution in [3.8, 4) is 0 Å². The molecular formula is C21H43O. The average molecular weight is 312 g/mol. The summed E-state index contributed by atoms with van der Waals surface area (Å²) in [5.74, 6) is 0. The number of hydrogen-bond acceptors (Lipinski definition) is 1. The zero-order valence-corrected chi connectivity index (χ0v) is 15.5. The lowest BCUT2D eigenvalue weighted by Crippen LogP contribution is -1.85. The van der Waals surface area contributed by atoms with E-state index in [0.717, 1.165) is 6.42 Å². The minimum atomic E-state index is 0.318. The molecule has 22 heavy (non-hydrogen) atoms. The van der Waals surface area contributed by atoms with Crippen molar-refractivity contribution >= 4 is 0 Å². The lowest BCUT2D eigenvalue weighted by Gasteiger charge is -2.03. The molecule has 133 valence electrons. The highest BCUT2D eigenvalue weighted by molar-refractivity contribution is 4.63. The maximum absolute atomic E-state index is 8.67. The molecule has 0 aliphatic rings. The van der Waals surface area contributed by atoms with E-state index in [1.807, 2.05) is 0 Å². The van der Waals surface area contributed by atoms with E-state index in [1.165, 1.54) is 109 Å². The van der Waals surface area contributed by atoms with Crippen LogP contribution in [0.2, 0.25) is 0 Å². The molecule has 0 aliphatic carbocycles. The van der Waals surface area contributed by atoms with E-state index in [1.54, 1.807) is 0 Å². The Bertz CT molecular complexity index is 159. The fraction of sp³-hybridized carbons (Fsp3) is 0.952. The molecule has 0 heterocycles. The van der Waals surface area contributed by atoms with Gasteiger partial charge in [-0.05, 0) is 12.8 Å². The van der Waals surface area contributed by atoms with Gasteiger partial charge in [0.15, 0.2) is 0 Å². The maximum atomic E-state index is 8.67. The van der Waals surface area contributed by atoms with Crippen molar-refractivity contribution in [2.45, 2.75) is 122 Å². The van der Waals surface area contributed by atoms with Crippen LogP contribution in [0.3, 0.4) is 0 Å². The number of hydrogen-bond donors (Lipinski definition) is 1. The molecular weight excluding hydrogens is 268 g/mol. The van der Waals surface area contributed by atoms with E-state index in [0.29, 0.717) is 6.61 Å². The normalized spacial score (nSPS) is 11.2. The topological polar surface area (TPSA) is 20.2 Å². The van der Waals surface area contributed by atoms with Gasteiger partial charge in [-0.15, -0.1) is 0 Å². The summed E-state index contributed by atoms with van der Waals surface area (Å²) < 4.78 is 0. The molecule has 0 fully saturated rings. The molecule has 1 radical (unpaired) electrons. The van der Waals surface area contributed by atoms with Crippen LogP contribution in [0.15, 0.2) is 0 Å². The molecule has 1 nitrogen and oxygen atoms in total. The van der Waals surface area contributed by atoms with E-state index in [-0.39, 0.29) is 0 Å². The molecule has 0 amide bonds. The van der Waals surface area contributed by atoms with Gasteiger partial charge < -0.3 is 5.11 Å². The molecule has 0 spiro atoms. The molecule has 0 bridgehead atoms. The van der Waals surface area contributed by atoms with Crippen molar-refractivity contribution in [1.29, 1.82) is 0 Å². The second kappa shape index (κ2) is 21.0. The van der Waals surface area contributed by atoms with E-state index >= 15 is 0 Å². The minimum absolute atomic E-state index is 0.318. The monoisotopic (exact) mass is 311 g/mol. The van der Waals surface area contributed by atoms with Crippen molar-refractivity contribution < 1.29 is 5.11 Å². The Balaban J connectivity index is 2.91. The molecule has 1 N–H and O–H groups in total. The van der Waals surface area contributed by atoms with Crippen molar-refractivity contribution in [2.24, 2.45) is 0 Å². The average Bonchev–Trinajstić information content (AvgIpc) is 2.54. The van der Waals surface area contributed by atoms with Gasteiger partial charge in [-0.2, -0.15) is 0 Å². The molecule has 0 aromatic heterocycles. The zero-order valence-electron chi connectivity index (χ0n) is 15.5. The second-order valence-corrected chi connectivity index (χ2v) is 6.89. The third-order valence-electron chi connectivity index (χ3n) is 4.60. The maximum Gasteiger partial charge on any atom is 0.0433 e. The largest absolute Gasteiger partial charge is 0.396 e. The Labute approximate surface area is 141 Å². The first-order chi connectivity index (χ1) is 10.9. The van der Waals surface area contributed by atoms with Crippen LogP contribution in [-0.2, 0) is 0 Å². The number of rotatable bonds is 19. The molecule has 0 aromatic rings. The smallest absolute Gasteiger partial charge is 0.0433 e. The van der Waals surface area contributed by atoms with Gasteiger partial charge in [0.25, 0.3) is 0 Å². The summed E-state index contributed by atoms with van der Waals surface area (Å²) in [5, 5.41) is 8.67. The quantitative estimate of drug-likeness (QED) is 0.249. The third kappa shape index (κ3) is 20.0. The molecule has 0 saturated carbocycles. The van der Waals surface area contributed by atoms with Gasteiger partial charge in [-0.3, -0.25) is 0 Å².